The zero-order chi connectivity index (χ0) is 11.0. The summed E-state index contributed by atoms with van der Waals surface area (Å²) in [6.07, 6.45) is 4.10. The summed E-state index contributed by atoms with van der Waals surface area (Å²) >= 11 is 0. The van der Waals surface area contributed by atoms with E-state index in [4.69, 9.17) is 4.74 Å². The van der Waals surface area contributed by atoms with Gasteiger partial charge < -0.3 is 4.74 Å². The van der Waals surface area contributed by atoms with Gasteiger partial charge in [0.2, 0.25) is 0 Å². The topological polar surface area (TPSA) is 26.3 Å². The Morgan fingerprint density at radius 3 is 2.36 bits per heavy atom. The number of unbranched alkanes of at least 4 members (excludes halogenated alkanes) is 1. The van der Waals surface area contributed by atoms with Gasteiger partial charge in [0.1, 0.15) is 0 Å². The molecule has 84 valence electrons. The Labute approximate surface area is 88.0 Å². The van der Waals surface area contributed by atoms with Gasteiger partial charge in [-0.05, 0) is 18.8 Å². The van der Waals surface area contributed by atoms with E-state index in [1.165, 1.54) is 0 Å². The average molecular weight is 200 g/mol. The van der Waals surface area contributed by atoms with E-state index in [2.05, 4.69) is 20.8 Å². The summed E-state index contributed by atoms with van der Waals surface area (Å²) in [6.45, 7) is 8.98. The smallest absolute Gasteiger partial charge is 0.308 e. The summed E-state index contributed by atoms with van der Waals surface area (Å²) in [7, 11) is 0. The molecule has 0 rings (SSSR count). The van der Waals surface area contributed by atoms with Crippen LogP contribution >= 0.6 is 0 Å². The van der Waals surface area contributed by atoms with E-state index in [0.717, 1.165) is 25.7 Å². The normalized spacial score (nSPS) is 12.9. The highest BCUT2D eigenvalue weighted by Gasteiger charge is 2.14. The van der Waals surface area contributed by atoms with E-state index in [-0.39, 0.29) is 11.9 Å². The first-order valence-electron chi connectivity index (χ1n) is 5.74. The van der Waals surface area contributed by atoms with E-state index in [9.17, 15) is 4.79 Å². The van der Waals surface area contributed by atoms with Gasteiger partial charge in [0.15, 0.2) is 0 Å². The number of hydrogen-bond acceptors (Lipinski definition) is 2. The predicted molar refractivity (Wildman–Crippen MR) is 59.1 cm³/mol. The first-order valence-corrected chi connectivity index (χ1v) is 5.74. The molecule has 14 heavy (non-hydrogen) atoms. The maximum Gasteiger partial charge on any atom is 0.308 e. The van der Waals surface area contributed by atoms with Crippen molar-refractivity contribution in [3.63, 3.8) is 0 Å². The van der Waals surface area contributed by atoms with E-state index in [1.807, 2.05) is 6.92 Å². The molecule has 2 heteroatoms. The van der Waals surface area contributed by atoms with Gasteiger partial charge in [-0.3, -0.25) is 4.79 Å². The Morgan fingerprint density at radius 2 is 1.86 bits per heavy atom. The molecule has 0 spiro atoms. The van der Waals surface area contributed by atoms with E-state index < -0.39 is 0 Å². The minimum absolute atomic E-state index is 0.0286. The summed E-state index contributed by atoms with van der Waals surface area (Å²) in [5.74, 6) is 0.703. The van der Waals surface area contributed by atoms with Crippen LogP contribution in [0.1, 0.15) is 53.4 Å². The molecule has 0 bridgehead atoms. The number of rotatable bonds is 7. The fourth-order valence-electron chi connectivity index (χ4n) is 1.16. The van der Waals surface area contributed by atoms with Crippen molar-refractivity contribution in [2.45, 2.75) is 53.4 Å². The van der Waals surface area contributed by atoms with Crippen LogP contribution in [0.5, 0.6) is 0 Å². The first kappa shape index (κ1) is 13.5. The van der Waals surface area contributed by atoms with Crippen LogP contribution in [0, 0.1) is 11.8 Å². The van der Waals surface area contributed by atoms with Crippen LogP contribution < -0.4 is 0 Å². The van der Waals surface area contributed by atoms with E-state index in [1.54, 1.807) is 0 Å². The standard InChI is InChI=1S/C12H24O2/c1-5-6-9-14-12(13)11(4)8-7-10(2)3/h10-11H,5-9H2,1-4H3. The minimum Gasteiger partial charge on any atom is -0.465 e. The summed E-state index contributed by atoms with van der Waals surface area (Å²) < 4.78 is 5.14. The van der Waals surface area contributed by atoms with Crippen LogP contribution in [-0.2, 0) is 9.53 Å². The molecule has 0 amide bonds. The van der Waals surface area contributed by atoms with Gasteiger partial charge in [0.25, 0.3) is 0 Å². The highest BCUT2D eigenvalue weighted by atomic mass is 16.5. The summed E-state index contributed by atoms with van der Waals surface area (Å²) in [6, 6.07) is 0. The number of hydrogen-bond donors (Lipinski definition) is 0. The molecule has 0 aromatic heterocycles. The molecule has 0 fully saturated rings. The van der Waals surface area contributed by atoms with Crippen LogP contribution in [0.15, 0.2) is 0 Å². The van der Waals surface area contributed by atoms with E-state index in [0.29, 0.717) is 12.5 Å². The van der Waals surface area contributed by atoms with Gasteiger partial charge in [-0.1, -0.05) is 40.5 Å². The van der Waals surface area contributed by atoms with Crippen molar-refractivity contribution in [2.75, 3.05) is 6.61 Å². The second-order valence-electron chi connectivity index (χ2n) is 4.39. The van der Waals surface area contributed by atoms with Gasteiger partial charge >= 0.3 is 5.97 Å². The molecular weight excluding hydrogens is 176 g/mol. The number of carbonyl (C=O) groups is 1. The highest BCUT2D eigenvalue weighted by molar-refractivity contribution is 5.71. The molecule has 0 aromatic rings. The monoisotopic (exact) mass is 200 g/mol. The number of esters is 1. The molecule has 0 aliphatic carbocycles. The lowest BCUT2D eigenvalue weighted by atomic mass is 10.00. The van der Waals surface area contributed by atoms with Crippen molar-refractivity contribution in [3.05, 3.63) is 0 Å². The van der Waals surface area contributed by atoms with Crippen molar-refractivity contribution >= 4 is 5.97 Å². The molecule has 1 atom stereocenters. The second-order valence-corrected chi connectivity index (χ2v) is 4.39. The Bertz CT molecular complexity index is 152. The second kappa shape index (κ2) is 7.84. The lowest BCUT2D eigenvalue weighted by molar-refractivity contribution is -0.148. The lowest BCUT2D eigenvalue weighted by Gasteiger charge is -2.12. The van der Waals surface area contributed by atoms with Gasteiger partial charge in [-0.15, -0.1) is 0 Å². The third-order valence-corrected chi connectivity index (χ3v) is 2.32. The molecule has 2 nitrogen and oxygen atoms in total. The Balaban J connectivity index is 3.54. The van der Waals surface area contributed by atoms with Crippen LogP contribution in [-0.4, -0.2) is 12.6 Å². The number of ether oxygens (including phenoxy) is 1. The highest BCUT2D eigenvalue weighted by Crippen LogP contribution is 2.13. The molecule has 1 unspecified atom stereocenters. The summed E-state index contributed by atoms with van der Waals surface area (Å²) in [5.41, 5.74) is 0. The third kappa shape index (κ3) is 6.93. The first-order chi connectivity index (χ1) is 6.57. The quantitative estimate of drug-likeness (QED) is 0.465. The maximum atomic E-state index is 11.4. The van der Waals surface area contributed by atoms with Crippen LogP contribution in [0.25, 0.3) is 0 Å². The van der Waals surface area contributed by atoms with E-state index >= 15 is 0 Å². The Kier molecular flexibility index (Phi) is 7.54. The van der Waals surface area contributed by atoms with Crippen molar-refractivity contribution in [3.8, 4) is 0 Å². The van der Waals surface area contributed by atoms with Crippen molar-refractivity contribution in [1.82, 2.24) is 0 Å². The SMILES string of the molecule is CCCCOC(=O)C(C)CCC(C)C. The molecule has 0 aliphatic rings. The zero-order valence-corrected chi connectivity index (χ0v) is 10.0. The van der Waals surface area contributed by atoms with Crippen molar-refractivity contribution in [1.29, 1.82) is 0 Å². The molecule has 0 saturated heterocycles. The van der Waals surface area contributed by atoms with Crippen LogP contribution in [0.3, 0.4) is 0 Å². The summed E-state index contributed by atoms with van der Waals surface area (Å²) in [5, 5.41) is 0. The van der Waals surface area contributed by atoms with Gasteiger partial charge in [0, 0.05) is 0 Å². The van der Waals surface area contributed by atoms with Gasteiger partial charge in [-0.2, -0.15) is 0 Å². The third-order valence-electron chi connectivity index (χ3n) is 2.32. The fraction of sp³-hybridized carbons (Fsp3) is 0.917. The van der Waals surface area contributed by atoms with Crippen LogP contribution in [0.2, 0.25) is 0 Å². The molecule has 0 radical (unpaired) electrons. The van der Waals surface area contributed by atoms with Crippen molar-refractivity contribution in [2.24, 2.45) is 11.8 Å². The molecule has 0 aromatic carbocycles. The molecule has 0 heterocycles. The molecule has 0 aliphatic heterocycles. The molecular formula is C12H24O2. The number of carbonyl (C=O) groups excluding carboxylic acids is 1. The lowest BCUT2D eigenvalue weighted by Crippen LogP contribution is -2.16. The molecule has 0 N–H and O–H groups in total. The zero-order valence-electron chi connectivity index (χ0n) is 10.0. The largest absolute Gasteiger partial charge is 0.465 e. The average Bonchev–Trinajstić information content (AvgIpc) is 2.14. The molecule has 0 saturated carbocycles. The van der Waals surface area contributed by atoms with Crippen LogP contribution in [0.4, 0.5) is 0 Å². The van der Waals surface area contributed by atoms with Gasteiger partial charge in [-0.25, -0.2) is 0 Å². The summed E-state index contributed by atoms with van der Waals surface area (Å²) in [4.78, 5) is 11.4. The fourth-order valence-corrected chi connectivity index (χ4v) is 1.16. The Morgan fingerprint density at radius 1 is 1.21 bits per heavy atom. The predicted octanol–water partition coefficient (Wildman–Crippen LogP) is 3.40. The van der Waals surface area contributed by atoms with Crippen molar-refractivity contribution < 1.29 is 9.53 Å². The Hall–Kier alpha value is -0.530. The maximum absolute atomic E-state index is 11.4. The van der Waals surface area contributed by atoms with Gasteiger partial charge in [0.05, 0.1) is 12.5 Å². The minimum atomic E-state index is -0.0286.